The first-order valence-corrected chi connectivity index (χ1v) is 9.52. The molecule has 4 nitrogen and oxygen atoms in total. The van der Waals surface area contributed by atoms with Gasteiger partial charge in [-0.1, -0.05) is 6.92 Å². The maximum Gasteiger partial charge on any atom is 0.410 e. The largest absolute Gasteiger partial charge is 0.444 e. The molecular formula is C18H28N2O2S. The lowest BCUT2D eigenvalue weighted by atomic mass is 10.0. The molecule has 0 N–H and O–H groups in total. The summed E-state index contributed by atoms with van der Waals surface area (Å²) in [5.74, 6) is 2.76. The molecule has 1 aromatic rings. The monoisotopic (exact) mass is 336 g/mol. The van der Waals surface area contributed by atoms with Gasteiger partial charge in [-0.2, -0.15) is 0 Å². The number of hydrogen-bond acceptors (Lipinski definition) is 4. The van der Waals surface area contributed by atoms with Crippen molar-refractivity contribution in [3.8, 4) is 0 Å². The van der Waals surface area contributed by atoms with Gasteiger partial charge in [-0.05, 0) is 58.3 Å². The van der Waals surface area contributed by atoms with E-state index in [1.54, 1.807) is 11.3 Å². The molecular weight excluding hydrogens is 308 g/mol. The maximum absolute atomic E-state index is 12.1. The van der Waals surface area contributed by atoms with Crippen molar-refractivity contribution in [2.75, 3.05) is 13.1 Å². The van der Waals surface area contributed by atoms with Crippen LogP contribution in [0.4, 0.5) is 4.79 Å². The van der Waals surface area contributed by atoms with E-state index in [4.69, 9.17) is 4.74 Å². The summed E-state index contributed by atoms with van der Waals surface area (Å²) in [6.45, 7) is 11.9. The number of ether oxygens (including phenoxy) is 1. The Morgan fingerprint density at radius 2 is 2.09 bits per heavy atom. The third-order valence-corrected chi connectivity index (χ3v) is 6.21. The molecule has 1 aromatic heterocycles. The van der Waals surface area contributed by atoms with E-state index in [1.165, 1.54) is 17.8 Å². The topological polar surface area (TPSA) is 42.4 Å². The third-order valence-electron chi connectivity index (χ3n) is 5.01. The summed E-state index contributed by atoms with van der Waals surface area (Å²) in [5.41, 5.74) is 0.734. The van der Waals surface area contributed by atoms with Crippen molar-refractivity contribution in [1.29, 1.82) is 0 Å². The van der Waals surface area contributed by atoms with Gasteiger partial charge in [-0.15, -0.1) is 11.3 Å². The summed E-state index contributed by atoms with van der Waals surface area (Å²) >= 11 is 1.78. The van der Waals surface area contributed by atoms with Crippen LogP contribution in [-0.2, 0) is 4.74 Å². The summed E-state index contributed by atoms with van der Waals surface area (Å²) in [7, 11) is 0. The highest BCUT2D eigenvalue weighted by Crippen LogP contribution is 2.54. The number of carbonyl (C=O) groups excluding carboxylic acids is 1. The molecule has 1 aliphatic carbocycles. The molecule has 23 heavy (non-hydrogen) atoms. The third kappa shape index (κ3) is 3.87. The van der Waals surface area contributed by atoms with Gasteiger partial charge in [0.1, 0.15) is 5.60 Å². The van der Waals surface area contributed by atoms with Gasteiger partial charge in [0, 0.05) is 30.1 Å². The number of likely N-dealkylation sites (tertiary alicyclic amines) is 1. The molecule has 0 radical (unpaired) electrons. The Bertz CT molecular complexity index is 566. The lowest BCUT2D eigenvalue weighted by Gasteiger charge is -2.26. The van der Waals surface area contributed by atoms with E-state index in [0.29, 0.717) is 17.8 Å². The maximum atomic E-state index is 12.1. The summed E-state index contributed by atoms with van der Waals surface area (Å²) in [4.78, 5) is 18.6. The molecule has 1 aliphatic heterocycles. The van der Waals surface area contributed by atoms with Gasteiger partial charge in [0.15, 0.2) is 0 Å². The Labute approximate surface area is 143 Å². The lowest BCUT2D eigenvalue weighted by molar-refractivity contribution is 0.0264. The number of rotatable bonds is 4. The number of carbonyl (C=O) groups is 1. The van der Waals surface area contributed by atoms with E-state index in [1.807, 2.05) is 25.7 Å². The van der Waals surface area contributed by atoms with E-state index in [2.05, 4.69) is 24.2 Å². The molecule has 1 saturated carbocycles. The molecule has 1 amide bonds. The highest BCUT2D eigenvalue weighted by Gasteiger charge is 2.56. The zero-order valence-electron chi connectivity index (χ0n) is 14.8. The second-order valence-corrected chi connectivity index (χ2v) is 9.07. The second-order valence-electron chi connectivity index (χ2n) is 8.18. The Kier molecular flexibility index (Phi) is 4.43. The molecule has 2 aliphatic rings. The summed E-state index contributed by atoms with van der Waals surface area (Å²) in [6.07, 6.45) is 2.32. The van der Waals surface area contributed by atoms with Crippen molar-refractivity contribution in [1.82, 2.24) is 9.88 Å². The van der Waals surface area contributed by atoms with E-state index >= 15 is 0 Å². The number of piperidine rings is 1. The van der Waals surface area contributed by atoms with Crippen molar-refractivity contribution >= 4 is 17.4 Å². The van der Waals surface area contributed by atoms with Crippen LogP contribution in [0.15, 0.2) is 5.38 Å². The van der Waals surface area contributed by atoms with Crippen LogP contribution in [0.25, 0.3) is 0 Å². The van der Waals surface area contributed by atoms with E-state index < -0.39 is 5.60 Å². The average Bonchev–Trinajstić information content (AvgIpc) is 2.82. The van der Waals surface area contributed by atoms with Gasteiger partial charge >= 0.3 is 6.09 Å². The Morgan fingerprint density at radius 1 is 1.43 bits per heavy atom. The first-order valence-electron chi connectivity index (χ1n) is 8.64. The highest BCUT2D eigenvalue weighted by molar-refractivity contribution is 7.09. The molecule has 3 unspecified atom stereocenters. The van der Waals surface area contributed by atoms with Crippen molar-refractivity contribution < 1.29 is 9.53 Å². The summed E-state index contributed by atoms with van der Waals surface area (Å²) in [5, 5.41) is 3.40. The normalized spacial score (nSPS) is 27.7. The predicted molar refractivity (Wildman–Crippen MR) is 92.8 cm³/mol. The predicted octanol–water partition coefficient (Wildman–Crippen LogP) is 4.45. The number of aromatic nitrogens is 1. The fourth-order valence-corrected chi connectivity index (χ4v) is 4.61. The molecule has 2 fully saturated rings. The number of aryl methyl sites for hydroxylation is 1. The summed E-state index contributed by atoms with van der Waals surface area (Å²) < 4.78 is 5.46. The van der Waals surface area contributed by atoms with Gasteiger partial charge in [-0.3, -0.25) is 0 Å². The molecule has 2 heterocycles. The van der Waals surface area contributed by atoms with Crippen LogP contribution < -0.4 is 0 Å². The van der Waals surface area contributed by atoms with Gasteiger partial charge in [0.05, 0.1) is 5.01 Å². The van der Waals surface area contributed by atoms with Gasteiger partial charge in [0.25, 0.3) is 0 Å². The number of fused-ring (bicyclic) bond motifs is 1. The number of hydrogen-bond donors (Lipinski definition) is 0. The minimum Gasteiger partial charge on any atom is -0.444 e. The average molecular weight is 337 g/mol. The van der Waals surface area contributed by atoms with Crippen LogP contribution in [0.3, 0.4) is 0 Å². The molecule has 3 rings (SSSR count). The quantitative estimate of drug-likeness (QED) is 0.816. The molecule has 0 aromatic carbocycles. The van der Waals surface area contributed by atoms with Gasteiger partial charge < -0.3 is 9.64 Å². The van der Waals surface area contributed by atoms with Crippen molar-refractivity contribution in [3.63, 3.8) is 0 Å². The first kappa shape index (κ1) is 16.7. The zero-order valence-corrected chi connectivity index (χ0v) is 15.7. The molecule has 0 bridgehead atoms. The van der Waals surface area contributed by atoms with Gasteiger partial charge in [-0.25, -0.2) is 9.78 Å². The van der Waals surface area contributed by atoms with Crippen molar-refractivity contribution in [3.05, 3.63) is 16.1 Å². The van der Waals surface area contributed by atoms with Crippen LogP contribution in [0, 0.1) is 24.7 Å². The van der Waals surface area contributed by atoms with E-state index in [9.17, 15) is 4.79 Å². The zero-order chi connectivity index (χ0) is 16.8. The van der Waals surface area contributed by atoms with E-state index in [0.717, 1.165) is 24.7 Å². The summed E-state index contributed by atoms with van der Waals surface area (Å²) in [6, 6.07) is 0. The van der Waals surface area contributed by atoms with E-state index in [-0.39, 0.29) is 6.09 Å². The lowest BCUT2D eigenvalue weighted by Crippen LogP contribution is -2.37. The smallest absolute Gasteiger partial charge is 0.410 e. The minimum absolute atomic E-state index is 0.143. The standard InChI is InChI=1S/C18H28N2O2S/c1-11(16-19-12(2)10-23-16)6-7-13-14-8-20(9-15(13)14)17(21)22-18(3,4)5/h10-11,13-15H,6-9H2,1-5H3. The van der Waals surface area contributed by atoms with Crippen molar-refractivity contribution in [2.24, 2.45) is 17.8 Å². The van der Waals surface area contributed by atoms with Crippen LogP contribution in [0.5, 0.6) is 0 Å². The van der Waals surface area contributed by atoms with Crippen LogP contribution in [0.2, 0.25) is 0 Å². The fraction of sp³-hybridized carbons (Fsp3) is 0.778. The van der Waals surface area contributed by atoms with Crippen LogP contribution in [0.1, 0.15) is 57.2 Å². The first-order chi connectivity index (χ1) is 10.7. The molecule has 128 valence electrons. The second kappa shape index (κ2) is 6.08. The van der Waals surface area contributed by atoms with Crippen LogP contribution in [-0.4, -0.2) is 34.7 Å². The number of thiazole rings is 1. The minimum atomic E-state index is -0.398. The number of amides is 1. The Hall–Kier alpha value is -1.10. The Morgan fingerprint density at radius 3 is 2.61 bits per heavy atom. The van der Waals surface area contributed by atoms with Crippen molar-refractivity contribution in [2.45, 2.75) is 59.0 Å². The molecule has 0 spiro atoms. The SMILES string of the molecule is Cc1csc(C(C)CCC2C3CN(C(=O)OC(C)(C)C)CC23)n1. The Balaban J connectivity index is 1.41. The highest BCUT2D eigenvalue weighted by atomic mass is 32.1. The molecule has 3 atom stereocenters. The van der Waals surface area contributed by atoms with Gasteiger partial charge in [0.2, 0.25) is 0 Å². The molecule has 1 saturated heterocycles. The number of nitrogens with zero attached hydrogens (tertiary/aromatic N) is 2. The fourth-order valence-electron chi connectivity index (χ4n) is 3.72. The van der Waals surface area contributed by atoms with Crippen LogP contribution >= 0.6 is 11.3 Å². The molecule has 5 heteroatoms.